The molecule has 0 aromatic heterocycles. The quantitative estimate of drug-likeness (QED) is 0.776. The zero-order valence-electron chi connectivity index (χ0n) is 16.5. The second-order valence-electron chi connectivity index (χ2n) is 7.37. The van der Waals surface area contributed by atoms with Gasteiger partial charge in [0.25, 0.3) is 5.91 Å². The Kier molecular flexibility index (Phi) is 7.37. The van der Waals surface area contributed by atoms with E-state index in [1.165, 1.54) is 5.56 Å². The number of ketones is 1. The van der Waals surface area contributed by atoms with Gasteiger partial charge in [0, 0.05) is 29.2 Å². The van der Waals surface area contributed by atoms with Gasteiger partial charge in [0.1, 0.15) is 5.78 Å². The second kappa shape index (κ2) is 9.73. The first-order chi connectivity index (χ1) is 12.8. The summed E-state index contributed by atoms with van der Waals surface area (Å²) in [4.78, 5) is 23.1. The average molecular weight is 361 g/mol. The predicted molar refractivity (Wildman–Crippen MR) is 110 cm³/mol. The largest absolute Gasteiger partial charge is 0.350 e. The Morgan fingerprint density at radius 2 is 1.41 bits per heavy atom. The predicted octanol–water partition coefficient (Wildman–Crippen LogP) is 4.38. The lowest BCUT2D eigenvalue weighted by Gasteiger charge is -2.09. The van der Waals surface area contributed by atoms with Crippen LogP contribution in [0.3, 0.4) is 0 Å². The SMILES string of the molecule is CC(=O)CC(C)Cc1ccc(C#Cc2ccc(C(=O)NC(C)C)cc2)cc1. The second-order valence-corrected chi connectivity index (χ2v) is 7.37. The Morgan fingerprint density at radius 3 is 1.89 bits per heavy atom. The first-order valence-corrected chi connectivity index (χ1v) is 9.35. The molecule has 1 atom stereocenters. The molecule has 3 heteroatoms. The summed E-state index contributed by atoms with van der Waals surface area (Å²) in [6.07, 6.45) is 1.51. The van der Waals surface area contributed by atoms with Gasteiger partial charge in [-0.1, -0.05) is 30.9 Å². The molecule has 1 amide bonds. The van der Waals surface area contributed by atoms with Gasteiger partial charge in [0.2, 0.25) is 0 Å². The fourth-order valence-electron chi connectivity index (χ4n) is 2.88. The smallest absolute Gasteiger partial charge is 0.251 e. The minimum absolute atomic E-state index is 0.0703. The van der Waals surface area contributed by atoms with E-state index in [9.17, 15) is 9.59 Å². The molecule has 2 aromatic carbocycles. The van der Waals surface area contributed by atoms with E-state index in [1.54, 1.807) is 19.1 Å². The summed E-state index contributed by atoms with van der Waals surface area (Å²) in [6, 6.07) is 15.6. The first kappa shape index (κ1) is 20.5. The van der Waals surface area contributed by atoms with Crippen LogP contribution in [-0.2, 0) is 11.2 Å². The molecule has 1 unspecified atom stereocenters. The van der Waals surface area contributed by atoms with Crippen molar-refractivity contribution in [1.82, 2.24) is 5.32 Å². The van der Waals surface area contributed by atoms with E-state index >= 15 is 0 Å². The van der Waals surface area contributed by atoms with E-state index in [1.807, 2.05) is 38.1 Å². The van der Waals surface area contributed by atoms with Crippen molar-refractivity contribution < 1.29 is 9.59 Å². The van der Waals surface area contributed by atoms with E-state index in [0.29, 0.717) is 17.9 Å². The third-order valence-corrected chi connectivity index (χ3v) is 4.09. The number of hydrogen-bond acceptors (Lipinski definition) is 2. The molecule has 2 aromatic rings. The number of carbonyl (C=O) groups is 2. The zero-order chi connectivity index (χ0) is 19.8. The van der Waals surface area contributed by atoms with Crippen LogP contribution in [0.2, 0.25) is 0 Å². The van der Waals surface area contributed by atoms with Crippen LogP contribution < -0.4 is 5.32 Å². The third-order valence-electron chi connectivity index (χ3n) is 4.09. The highest BCUT2D eigenvalue weighted by molar-refractivity contribution is 5.94. The molecule has 27 heavy (non-hydrogen) atoms. The van der Waals surface area contributed by atoms with Crippen LogP contribution in [0.5, 0.6) is 0 Å². The van der Waals surface area contributed by atoms with Crippen LogP contribution in [0.15, 0.2) is 48.5 Å². The Labute approximate surface area is 162 Å². The molecule has 0 saturated heterocycles. The maximum absolute atomic E-state index is 11.9. The minimum Gasteiger partial charge on any atom is -0.350 e. The Hall–Kier alpha value is -2.86. The topological polar surface area (TPSA) is 46.2 Å². The van der Waals surface area contributed by atoms with Gasteiger partial charge in [0.15, 0.2) is 0 Å². The molecule has 0 radical (unpaired) electrons. The molecule has 3 nitrogen and oxygen atoms in total. The summed E-state index contributed by atoms with van der Waals surface area (Å²) < 4.78 is 0. The van der Waals surface area contributed by atoms with Crippen molar-refractivity contribution in [2.24, 2.45) is 5.92 Å². The fraction of sp³-hybridized carbons (Fsp3) is 0.333. The van der Waals surface area contributed by atoms with Crippen LogP contribution >= 0.6 is 0 Å². The molecule has 1 N–H and O–H groups in total. The van der Waals surface area contributed by atoms with Crippen molar-refractivity contribution in [3.8, 4) is 11.8 Å². The molecule has 0 heterocycles. The molecule has 0 spiro atoms. The summed E-state index contributed by atoms with van der Waals surface area (Å²) in [5.41, 5.74) is 3.67. The van der Waals surface area contributed by atoms with E-state index in [-0.39, 0.29) is 17.7 Å². The van der Waals surface area contributed by atoms with Gasteiger partial charge < -0.3 is 10.1 Å². The lowest BCUT2D eigenvalue weighted by Crippen LogP contribution is -2.29. The first-order valence-electron chi connectivity index (χ1n) is 9.35. The van der Waals surface area contributed by atoms with Gasteiger partial charge >= 0.3 is 0 Å². The van der Waals surface area contributed by atoms with Crippen LogP contribution in [0.25, 0.3) is 0 Å². The molecular weight excluding hydrogens is 334 g/mol. The number of amides is 1. The van der Waals surface area contributed by atoms with Crippen molar-refractivity contribution >= 4 is 11.7 Å². The fourth-order valence-corrected chi connectivity index (χ4v) is 2.88. The van der Waals surface area contributed by atoms with Crippen molar-refractivity contribution in [1.29, 1.82) is 0 Å². The van der Waals surface area contributed by atoms with Crippen molar-refractivity contribution in [2.75, 3.05) is 0 Å². The number of nitrogens with one attached hydrogen (secondary N) is 1. The maximum atomic E-state index is 11.9. The Morgan fingerprint density at radius 1 is 0.889 bits per heavy atom. The molecule has 140 valence electrons. The van der Waals surface area contributed by atoms with Crippen LogP contribution in [0.1, 0.15) is 61.2 Å². The molecule has 0 aliphatic heterocycles. The molecular formula is C24H27NO2. The van der Waals surface area contributed by atoms with Crippen LogP contribution in [0, 0.1) is 17.8 Å². The molecule has 0 aliphatic carbocycles. The Bertz CT molecular complexity index is 837. The van der Waals surface area contributed by atoms with Crippen LogP contribution in [0.4, 0.5) is 0 Å². The highest BCUT2D eigenvalue weighted by atomic mass is 16.1. The number of benzene rings is 2. The van der Waals surface area contributed by atoms with Gasteiger partial charge in [-0.05, 0) is 75.1 Å². The summed E-state index contributed by atoms with van der Waals surface area (Å²) in [6.45, 7) is 7.61. The van der Waals surface area contributed by atoms with Gasteiger partial charge in [-0.15, -0.1) is 0 Å². The highest BCUT2D eigenvalue weighted by Crippen LogP contribution is 2.13. The van der Waals surface area contributed by atoms with Gasteiger partial charge in [-0.25, -0.2) is 0 Å². The van der Waals surface area contributed by atoms with Crippen molar-refractivity contribution in [3.63, 3.8) is 0 Å². The molecule has 0 aliphatic rings. The summed E-state index contributed by atoms with van der Waals surface area (Å²) in [7, 11) is 0. The minimum atomic E-state index is -0.0703. The number of hydrogen-bond donors (Lipinski definition) is 1. The highest BCUT2D eigenvalue weighted by Gasteiger charge is 2.07. The third kappa shape index (κ3) is 7.11. The van der Waals surface area contributed by atoms with E-state index in [4.69, 9.17) is 0 Å². The number of carbonyl (C=O) groups excluding carboxylic acids is 2. The van der Waals surface area contributed by atoms with Gasteiger partial charge in [0.05, 0.1) is 0 Å². The number of Topliss-reactive ketones (excluding diaryl/α,β-unsaturated/α-hetero) is 1. The summed E-state index contributed by atoms with van der Waals surface area (Å²) >= 11 is 0. The average Bonchev–Trinajstić information content (AvgIpc) is 2.60. The molecule has 0 saturated carbocycles. The summed E-state index contributed by atoms with van der Waals surface area (Å²) in [5.74, 6) is 6.79. The zero-order valence-corrected chi connectivity index (χ0v) is 16.5. The monoisotopic (exact) mass is 361 g/mol. The maximum Gasteiger partial charge on any atom is 0.251 e. The Balaban J connectivity index is 1.99. The van der Waals surface area contributed by atoms with E-state index < -0.39 is 0 Å². The normalized spacial score (nSPS) is 11.4. The molecule has 2 rings (SSSR count). The summed E-state index contributed by atoms with van der Waals surface area (Å²) in [5, 5.41) is 2.87. The van der Waals surface area contributed by atoms with E-state index in [2.05, 4.69) is 36.2 Å². The molecule has 0 bridgehead atoms. The standard InChI is InChI=1S/C24H27NO2/c1-17(2)25-24(27)23-13-11-21(12-14-23)6-5-20-7-9-22(10-8-20)16-18(3)15-19(4)26/h7-14,17-18H,15-16H2,1-4H3,(H,25,27). The van der Waals surface area contributed by atoms with Crippen molar-refractivity contribution in [3.05, 3.63) is 70.8 Å². The van der Waals surface area contributed by atoms with Crippen molar-refractivity contribution in [2.45, 2.75) is 46.6 Å². The van der Waals surface area contributed by atoms with Gasteiger partial charge in [-0.2, -0.15) is 0 Å². The molecule has 0 fully saturated rings. The van der Waals surface area contributed by atoms with Gasteiger partial charge in [-0.3, -0.25) is 4.79 Å². The van der Waals surface area contributed by atoms with Crippen LogP contribution in [-0.4, -0.2) is 17.7 Å². The number of rotatable bonds is 6. The lowest BCUT2D eigenvalue weighted by molar-refractivity contribution is -0.117. The van der Waals surface area contributed by atoms with E-state index in [0.717, 1.165) is 17.5 Å². The lowest BCUT2D eigenvalue weighted by atomic mass is 9.96.